The van der Waals surface area contributed by atoms with Gasteiger partial charge in [0.25, 0.3) is 0 Å². The fourth-order valence-corrected chi connectivity index (χ4v) is 3.60. The molecule has 1 aromatic carbocycles. The topological polar surface area (TPSA) is 66.5 Å². The third-order valence-corrected chi connectivity index (χ3v) is 5.15. The van der Waals surface area contributed by atoms with Crippen LogP contribution in [0.2, 0.25) is 0 Å². The van der Waals surface area contributed by atoms with Crippen LogP contribution in [0.1, 0.15) is 36.5 Å². The first-order chi connectivity index (χ1) is 9.99. The van der Waals surface area contributed by atoms with Crippen LogP contribution in [0.15, 0.2) is 29.2 Å². The van der Waals surface area contributed by atoms with E-state index in [-0.39, 0.29) is 10.7 Å². The van der Waals surface area contributed by atoms with Gasteiger partial charge in [0, 0.05) is 12.1 Å². The third kappa shape index (κ3) is 4.62. The van der Waals surface area contributed by atoms with E-state index >= 15 is 0 Å². The van der Waals surface area contributed by atoms with E-state index in [0.29, 0.717) is 12.1 Å². The number of carbonyl (C=O) groups is 1. The number of likely N-dealkylation sites (tertiary alicyclic amines) is 1. The van der Waals surface area contributed by atoms with Crippen LogP contribution in [0.3, 0.4) is 0 Å². The predicted molar refractivity (Wildman–Crippen MR) is 81.9 cm³/mol. The van der Waals surface area contributed by atoms with Gasteiger partial charge in [0.2, 0.25) is 10.0 Å². The molecule has 0 bridgehead atoms. The molecule has 1 saturated heterocycles. The number of hydrogen-bond donors (Lipinski definition) is 1. The van der Waals surface area contributed by atoms with E-state index in [9.17, 15) is 13.2 Å². The van der Waals surface area contributed by atoms with Crippen molar-refractivity contribution >= 4 is 15.8 Å². The molecule has 1 aromatic rings. The molecule has 1 N–H and O–H groups in total. The number of rotatable bonds is 7. The fourth-order valence-electron chi connectivity index (χ4n) is 2.48. The highest BCUT2D eigenvalue weighted by Gasteiger charge is 2.15. The van der Waals surface area contributed by atoms with Crippen molar-refractivity contribution < 1.29 is 13.2 Å². The second-order valence-electron chi connectivity index (χ2n) is 5.38. The van der Waals surface area contributed by atoms with E-state index in [4.69, 9.17) is 0 Å². The van der Waals surface area contributed by atoms with Gasteiger partial charge in [-0.3, -0.25) is 4.79 Å². The number of benzene rings is 1. The molecule has 1 aliphatic heterocycles. The van der Waals surface area contributed by atoms with Crippen LogP contribution in [-0.4, -0.2) is 45.3 Å². The van der Waals surface area contributed by atoms with Gasteiger partial charge in [0.1, 0.15) is 0 Å². The molecule has 0 saturated carbocycles. The highest BCUT2D eigenvalue weighted by molar-refractivity contribution is 7.89. The lowest BCUT2D eigenvalue weighted by Gasteiger charge is -2.14. The lowest BCUT2D eigenvalue weighted by Crippen LogP contribution is -2.28. The summed E-state index contributed by atoms with van der Waals surface area (Å²) in [6.07, 6.45) is 3.28. The Morgan fingerprint density at radius 1 is 1.29 bits per heavy atom. The average Bonchev–Trinajstić information content (AvgIpc) is 2.97. The molecule has 6 heteroatoms. The van der Waals surface area contributed by atoms with Crippen LogP contribution in [0, 0.1) is 0 Å². The highest BCUT2D eigenvalue weighted by atomic mass is 32.2. The van der Waals surface area contributed by atoms with Crippen molar-refractivity contribution in [2.75, 3.05) is 26.2 Å². The minimum Gasteiger partial charge on any atom is -0.303 e. The summed E-state index contributed by atoms with van der Waals surface area (Å²) >= 11 is 0. The second-order valence-corrected chi connectivity index (χ2v) is 7.15. The summed E-state index contributed by atoms with van der Waals surface area (Å²) in [7, 11) is -3.53. The normalized spacial score (nSPS) is 16.2. The van der Waals surface area contributed by atoms with E-state index in [0.717, 1.165) is 26.1 Å². The molecule has 21 heavy (non-hydrogen) atoms. The van der Waals surface area contributed by atoms with Crippen molar-refractivity contribution in [2.24, 2.45) is 0 Å². The average molecular weight is 310 g/mol. The Morgan fingerprint density at radius 3 is 2.67 bits per heavy atom. The van der Waals surface area contributed by atoms with Crippen LogP contribution in [0.5, 0.6) is 0 Å². The maximum atomic E-state index is 12.2. The van der Waals surface area contributed by atoms with Crippen molar-refractivity contribution in [3.63, 3.8) is 0 Å². The Bertz CT molecular complexity index is 593. The molecular formula is C15H22N2O3S. The van der Waals surface area contributed by atoms with Gasteiger partial charge in [0.05, 0.1) is 4.90 Å². The minimum absolute atomic E-state index is 0.138. The quantitative estimate of drug-likeness (QED) is 0.614. The number of nitrogens with zero attached hydrogens (tertiary/aromatic N) is 1. The second kappa shape index (κ2) is 7.15. The summed E-state index contributed by atoms with van der Waals surface area (Å²) in [5, 5.41) is 0. The Kier molecular flexibility index (Phi) is 5.50. The van der Waals surface area contributed by atoms with E-state index in [1.807, 2.05) is 0 Å². The zero-order valence-corrected chi connectivity index (χ0v) is 13.2. The number of sulfonamides is 1. The Labute approximate surface area is 126 Å². The molecule has 1 aliphatic rings. The minimum atomic E-state index is -3.53. The molecule has 1 fully saturated rings. The predicted octanol–water partition coefficient (Wildman–Crippen LogP) is 1.65. The first-order valence-electron chi connectivity index (χ1n) is 7.32. The number of Topliss-reactive ketones (excluding diaryl/α,β-unsaturated/α-hetero) is 1. The van der Waals surface area contributed by atoms with Crippen LogP contribution in [-0.2, 0) is 10.0 Å². The summed E-state index contributed by atoms with van der Waals surface area (Å²) in [6, 6.07) is 6.14. The summed E-state index contributed by atoms with van der Waals surface area (Å²) in [5.41, 5.74) is 0.412. The van der Waals surface area contributed by atoms with Gasteiger partial charge in [-0.15, -0.1) is 0 Å². The zero-order chi connectivity index (χ0) is 15.3. The SMILES string of the molecule is CC(=O)c1cccc(S(=O)(=O)NCCCN2CCCC2)c1. The molecule has 0 spiro atoms. The van der Waals surface area contributed by atoms with Crippen LogP contribution in [0.25, 0.3) is 0 Å². The van der Waals surface area contributed by atoms with Gasteiger partial charge < -0.3 is 4.90 Å². The van der Waals surface area contributed by atoms with Crippen LogP contribution < -0.4 is 4.72 Å². The van der Waals surface area contributed by atoms with Crippen molar-refractivity contribution in [2.45, 2.75) is 31.1 Å². The first kappa shape index (κ1) is 16.1. The standard InChI is InChI=1S/C15H22N2O3S/c1-13(18)14-6-4-7-15(12-14)21(19,20)16-8-5-11-17-9-2-3-10-17/h4,6-7,12,16H,2-3,5,8-11H2,1H3. The number of hydrogen-bond acceptors (Lipinski definition) is 4. The lowest BCUT2D eigenvalue weighted by atomic mass is 10.2. The molecule has 0 unspecified atom stereocenters. The Balaban J connectivity index is 1.88. The molecule has 0 aromatic heterocycles. The van der Waals surface area contributed by atoms with Gasteiger partial charge in [-0.2, -0.15) is 0 Å². The smallest absolute Gasteiger partial charge is 0.240 e. The molecule has 5 nitrogen and oxygen atoms in total. The van der Waals surface area contributed by atoms with Crippen molar-refractivity contribution in [3.8, 4) is 0 Å². The Hall–Kier alpha value is -1.24. The number of nitrogens with one attached hydrogen (secondary N) is 1. The summed E-state index contributed by atoms with van der Waals surface area (Å²) in [5.74, 6) is -0.138. The molecule has 0 amide bonds. The molecule has 1 heterocycles. The van der Waals surface area contributed by atoms with Gasteiger partial charge in [-0.25, -0.2) is 13.1 Å². The molecule has 0 aliphatic carbocycles. The van der Waals surface area contributed by atoms with E-state index in [2.05, 4.69) is 9.62 Å². The number of ketones is 1. The largest absolute Gasteiger partial charge is 0.303 e. The third-order valence-electron chi connectivity index (χ3n) is 3.69. The van der Waals surface area contributed by atoms with Crippen molar-refractivity contribution in [3.05, 3.63) is 29.8 Å². The molecule has 0 radical (unpaired) electrons. The van der Waals surface area contributed by atoms with E-state index in [1.54, 1.807) is 12.1 Å². The fraction of sp³-hybridized carbons (Fsp3) is 0.533. The van der Waals surface area contributed by atoms with Crippen LogP contribution >= 0.6 is 0 Å². The highest BCUT2D eigenvalue weighted by Crippen LogP contribution is 2.12. The molecule has 2 rings (SSSR count). The molecule has 0 atom stereocenters. The summed E-state index contributed by atoms with van der Waals surface area (Å²) < 4.78 is 26.9. The first-order valence-corrected chi connectivity index (χ1v) is 8.80. The van der Waals surface area contributed by atoms with Crippen molar-refractivity contribution in [1.82, 2.24) is 9.62 Å². The van der Waals surface area contributed by atoms with Gasteiger partial charge >= 0.3 is 0 Å². The monoisotopic (exact) mass is 310 g/mol. The Morgan fingerprint density at radius 2 is 2.00 bits per heavy atom. The van der Waals surface area contributed by atoms with Crippen LogP contribution in [0.4, 0.5) is 0 Å². The van der Waals surface area contributed by atoms with Gasteiger partial charge in [-0.1, -0.05) is 12.1 Å². The van der Waals surface area contributed by atoms with E-state index < -0.39 is 10.0 Å². The van der Waals surface area contributed by atoms with Crippen molar-refractivity contribution in [1.29, 1.82) is 0 Å². The van der Waals surface area contributed by atoms with E-state index in [1.165, 1.54) is 31.9 Å². The molecule has 116 valence electrons. The van der Waals surface area contributed by atoms with Gasteiger partial charge in [0.15, 0.2) is 5.78 Å². The summed E-state index contributed by atoms with van der Waals surface area (Å²) in [6.45, 7) is 5.01. The number of carbonyl (C=O) groups excluding carboxylic acids is 1. The lowest BCUT2D eigenvalue weighted by molar-refractivity contribution is 0.101. The van der Waals surface area contributed by atoms with Gasteiger partial charge in [-0.05, 0) is 58.0 Å². The zero-order valence-electron chi connectivity index (χ0n) is 12.3. The maximum Gasteiger partial charge on any atom is 0.240 e. The maximum absolute atomic E-state index is 12.2. The summed E-state index contributed by atoms with van der Waals surface area (Å²) in [4.78, 5) is 13.8. The molecular weight excluding hydrogens is 288 g/mol.